The van der Waals surface area contributed by atoms with Gasteiger partial charge < -0.3 is 9.47 Å². The van der Waals surface area contributed by atoms with E-state index in [9.17, 15) is 17.6 Å². The van der Waals surface area contributed by atoms with Crippen LogP contribution in [0.4, 0.5) is 17.6 Å². The molecule has 160 valence electrons. The molecular formula is C23H28F4O2. The van der Waals surface area contributed by atoms with Crippen LogP contribution in [0.15, 0.2) is 54.9 Å². The van der Waals surface area contributed by atoms with Crippen molar-refractivity contribution in [3.05, 3.63) is 72.1 Å². The highest BCUT2D eigenvalue weighted by atomic mass is 19.2. The van der Waals surface area contributed by atoms with Crippen LogP contribution in [0, 0.1) is 23.5 Å². The molecule has 0 aliphatic rings. The lowest BCUT2D eigenvalue weighted by Crippen LogP contribution is -2.12. The van der Waals surface area contributed by atoms with Crippen LogP contribution in [0.3, 0.4) is 0 Å². The molecule has 0 spiro atoms. The summed E-state index contributed by atoms with van der Waals surface area (Å²) in [5.41, 5.74) is 0.0779. The molecule has 0 saturated heterocycles. The maximum atomic E-state index is 14.2. The Morgan fingerprint density at radius 3 is 2.31 bits per heavy atom. The molecule has 0 N–H and O–H groups in total. The minimum atomic E-state index is -1.15. The Kier molecular flexibility index (Phi) is 9.72. The third-order valence-electron chi connectivity index (χ3n) is 4.55. The minimum absolute atomic E-state index is 0.0181. The maximum absolute atomic E-state index is 14.2. The zero-order valence-corrected chi connectivity index (χ0v) is 17.2. The summed E-state index contributed by atoms with van der Waals surface area (Å²) >= 11 is 0. The Balaban J connectivity index is 2.60. The molecule has 1 aromatic rings. The summed E-state index contributed by atoms with van der Waals surface area (Å²) in [6.45, 7) is 16.0. The van der Waals surface area contributed by atoms with E-state index in [-0.39, 0.29) is 47.7 Å². The molecule has 6 heteroatoms. The van der Waals surface area contributed by atoms with Crippen molar-refractivity contribution in [1.29, 1.82) is 0 Å². The van der Waals surface area contributed by atoms with Gasteiger partial charge >= 0.3 is 0 Å². The fraction of sp³-hybridized carbons (Fsp3) is 0.391. The predicted octanol–water partition coefficient (Wildman–Crippen LogP) is 7.30. The fourth-order valence-electron chi connectivity index (χ4n) is 2.56. The van der Waals surface area contributed by atoms with Crippen molar-refractivity contribution in [1.82, 2.24) is 0 Å². The van der Waals surface area contributed by atoms with Crippen LogP contribution in [0.5, 0.6) is 5.75 Å². The monoisotopic (exact) mass is 412 g/mol. The fourth-order valence-corrected chi connectivity index (χ4v) is 2.56. The van der Waals surface area contributed by atoms with Crippen molar-refractivity contribution in [3.8, 4) is 5.75 Å². The standard InChI is InChI=1S/C23H28F4O2/c1-7-18-11-12-19(23(27)22(18)26)29-13-14(3)9-10-15(4)16(5)20(24)21(25)17(6)28-8-2/h7,11-12,14-15H,1,5-6,8-10,13H2,2-4H3/b21-20-. The summed E-state index contributed by atoms with van der Waals surface area (Å²) in [5, 5.41) is 0. The van der Waals surface area contributed by atoms with Crippen LogP contribution < -0.4 is 4.74 Å². The molecule has 0 saturated carbocycles. The molecule has 0 radical (unpaired) electrons. The molecule has 29 heavy (non-hydrogen) atoms. The van der Waals surface area contributed by atoms with Gasteiger partial charge in [-0.1, -0.05) is 39.7 Å². The molecule has 1 aromatic carbocycles. The van der Waals surface area contributed by atoms with Crippen molar-refractivity contribution < 1.29 is 27.0 Å². The predicted molar refractivity (Wildman–Crippen MR) is 109 cm³/mol. The lowest BCUT2D eigenvalue weighted by atomic mass is 9.92. The molecule has 0 aliphatic heterocycles. The van der Waals surface area contributed by atoms with Gasteiger partial charge in [0, 0.05) is 5.56 Å². The topological polar surface area (TPSA) is 18.5 Å². The molecule has 0 aliphatic carbocycles. The lowest BCUT2D eigenvalue weighted by molar-refractivity contribution is 0.223. The van der Waals surface area contributed by atoms with Crippen molar-refractivity contribution in [3.63, 3.8) is 0 Å². The van der Waals surface area contributed by atoms with Gasteiger partial charge in [-0.3, -0.25) is 0 Å². The van der Waals surface area contributed by atoms with Crippen LogP contribution in [-0.2, 0) is 4.74 Å². The van der Waals surface area contributed by atoms with Gasteiger partial charge in [0.25, 0.3) is 0 Å². The van der Waals surface area contributed by atoms with Gasteiger partial charge in [0.1, 0.15) is 0 Å². The smallest absolute Gasteiger partial charge is 0.201 e. The van der Waals surface area contributed by atoms with E-state index >= 15 is 0 Å². The first kappa shape index (κ1) is 24.5. The number of rotatable bonds is 12. The first-order valence-corrected chi connectivity index (χ1v) is 9.43. The highest BCUT2D eigenvalue weighted by Gasteiger charge is 2.20. The maximum Gasteiger partial charge on any atom is 0.201 e. The van der Waals surface area contributed by atoms with Crippen LogP contribution in [0.25, 0.3) is 6.08 Å². The number of hydrogen-bond acceptors (Lipinski definition) is 2. The number of allylic oxidation sites excluding steroid dienone is 3. The summed E-state index contributed by atoms with van der Waals surface area (Å²) in [7, 11) is 0. The Labute approximate surface area is 170 Å². The number of halogens is 4. The zero-order chi connectivity index (χ0) is 22.1. The van der Waals surface area contributed by atoms with E-state index in [0.29, 0.717) is 12.8 Å². The van der Waals surface area contributed by atoms with Crippen LogP contribution in [0.2, 0.25) is 0 Å². The van der Waals surface area contributed by atoms with Crippen molar-refractivity contribution >= 4 is 6.08 Å². The minimum Gasteiger partial charge on any atom is -0.491 e. The average molecular weight is 412 g/mol. The molecule has 0 fully saturated rings. The largest absolute Gasteiger partial charge is 0.491 e. The SMILES string of the molecule is C=Cc1ccc(OCC(C)CCC(C)C(=C)/C(F)=C(/F)C(=C)OCC)c(F)c1F. The van der Waals surface area contributed by atoms with Gasteiger partial charge in [0.15, 0.2) is 29.0 Å². The van der Waals surface area contributed by atoms with Gasteiger partial charge in [-0.05, 0) is 49.3 Å². The van der Waals surface area contributed by atoms with E-state index in [4.69, 9.17) is 9.47 Å². The molecule has 1 rings (SSSR count). The Morgan fingerprint density at radius 1 is 1.07 bits per heavy atom. The molecule has 0 heterocycles. The molecule has 2 atom stereocenters. The summed E-state index contributed by atoms with van der Waals surface area (Å²) in [6.07, 6.45) is 2.33. The van der Waals surface area contributed by atoms with E-state index in [0.717, 1.165) is 0 Å². The van der Waals surface area contributed by atoms with Gasteiger partial charge in [0.2, 0.25) is 5.82 Å². The molecule has 0 amide bonds. The van der Waals surface area contributed by atoms with Crippen molar-refractivity contribution in [2.24, 2.45) is 11.8 Å². The van der Waals surface area contributed by atoms with Crippen LogP contribution in [-0.4, -0.2) is 13.2 Å². The van der Waals surface area contributed by atoms with Crippen LogP contribution in [0.1, 0.15) is 39.2 Å². The summed E-state index contributed by atoms with van der Waals surface area (Å²) in [5.74, 6) is -5.19. The second-order valence-electron chi connectivity index (χ2n) is 6.89. The Hall–Kier alpha value is -2.50. The van der Waals surface area contributed by atoms with Crippen LogP contribution >= 0.6 is 0 Å². The first-order valence-electron chi connectivity index (χ1n) is 9.43. The van der Waals surface area contributed by atoms with Gasteiger partial charge in [-0.2, -0.15) is 8.78 Å². The van der Waals surface area contributed by atoms with E-state index in [2.05, 4.69) is 19.7 Å². The third kappa shape index (κ3) is 6.80. The second-order valence-corrected chi connectivity index (χ2v) is 6.89. The van der Waals surface area contributed by atoms with E-state index in [1.165, 1.54) is 18.2 Å². The summed E-state index contributed by atoms with van der Waals surface area (Å²) < 4.78 is 66.1. The molecule has 0 bridgehead atoms. The van der Waals surface area contributed by atoms with Gasteiger partial charge in [0.05, 0.1) is 13.2 Å². The second kappa shape index (κ2) is 11.5. The zero-order valence-electron chi connectivity index (χ0n) is 17.2. The van der Waals surface area contributed by atoms with E-state index in [1.807, 2.05) is 6.92 Å². The Bertz CT molecular complexity index is 783. The average Bonchev–Trinajstić information content (AvgIpc) is 2.71. The van der Waals surface area contributed by atoms with Crippen molar-refractivity contribution in [2.45, 2.75) is 33.6 Å². The van der Waals surface area contributed by atoms with Gasteiger partial charge in [-0.25, -0.2) is 8.78 Å². The summed E-state index contributed by atoms with van der Waals surface area (Å²) in [4.78, 5) is 0. The summed E-state index contributed by atoms with van der Waals surface area (Å²) in [6, 6.07) is 2.73. The molecule has 2 unspecified atom stereocenters. The Morgan fingerprint density at radius 2 is 1.72 bits per heavy atom. The third-order valence-corrected chi connectivity index (χ3v) is 4.55. The number of benzene rings is 1. The number of hydrogen-bond donors (Lipinski definition) is 0. The highest BCUT2D eigenvalue weighted by molar-refractivity contribution is 5.50. The normalized spacial score (nSPS) is 13.9. The quantitative estimate of drug-likeness (QED) is 0.204. The first-order chi connectivity index (χ1) is 13.6. The molecular weight excluding hydrogens is 384 g/mol. The van der Waals surface area contributed by atoms with Gasteiger partial charge in [-0.15, -0.1) is 0 Å². The molecule has 2 nitrogen and oxygen atoms in total. The van der Waals surface area contributed by atoms with Crippen molar-refractivity contribution in [2.75, 3.05) is 13.2 Å². The number of ether oxygens (including phenoxy) is 2. The van der Waals surface area contributed by atoms with E-state index < -0.39 is 23.3 Å². The highest BCUT2D eigenvalue weighted by Crippen LogP contribution is 2.30. The molecule has 0 aromatic heterocycles. The lowest BCUT2D eigenvalue weighted by Gasteiger charge is -2.18. The van der Waals surface area contributed by atoms with E-state index in [1.54, 1.807) is 13.8 Å².